The average molecular weight is 349 g/mol. The van der Waals surface area contributed by atoms with Crippen LogP contribution in [0.25, 0.3) is 0 Å². The van der Waals surface area contributed by atoms with E-state index in [0.717, 1.165) is 4.57 Å². The summed E-state index contributed by atoms with van der Waals surface area (Å²) in [5.74, 6) is 0.0608. The zero-order valence-corrected chi connectivity index (χ0v) is 13.6. The van der Waals surface area contributed by atoms with Crippen molar-refractivity contribution in [3.8, 4) is 0 Å². The number of phosphoric ester groups is 1. The first kappa shape index (κ1) is 18.1. The van der Waals surface area contributed by atoms with Crippen LogP contribution in [0.5, 0.6) is 0 Å². The first-order chi connectivity index (χ1) is 10.7. The van der Waals surface area contributed by atoms with Crippen LogP contribution < -0.4 is 11.4 Å². The van der Waals surface area contributed by atoms with Crippen LogP contribution in [0.15, 0.2) is 17.1 Å². The minimum absolute atomic E-state index is 0.0608. The number of anilines is 1. The molecule has 0 radical (unpaired) electrons. The molecule has 1 saturated heterocycles. The molecule has 0 spiro atoms. The molecule has 0 bridgehead atoms. The maximum atomic E-state index is 11.8. The van der Waals surface area contributed by atoms with Crippen molar-refractivity contribution < 1.29 is 28.3 Å². The lowest BCUT2D eigenvalue weighted by Gasteiger charge is -2.18. The molecule has 1 aliphatic rings. The summed E-state index contributed by atoms with van der Waals surface area (Å²) < 4.78 is 27.8. The predicted octanol–water partition coefficient (Wildman–Crippen LogP) is 0.0159. The van der Waals surface area contributed by atoms with E-state index in [9.17, 15) is 19.4 Å². The van der Waals surface area contributed by atoms with Crippen molar-refractivity contribution in [3.05, 3.63) is 22.7 Å². The molecule has 1 fully saturated rings. The topological polar surface area (TPSA) is 146 Å². The molecule has 4 atom stereocenters. The Hall–Kier alpha value is -1.29. The van der Waals surface area contributed by atoms with Crippen molar-refractivity contribution in [3.63, 3.8) is 0 Å². The van der Waals surface area contributed by atoms with E-state index >= 15 is 0 Å². The van der Waals surface area contributed by atoms with E-state index < -0.39 is 38.1 Å². The van der Waals surface area contributed by atoms with Crippen LogP contribution in [0.3, 0.4) is 0 Å². The predicted molar refractivity (Wildman–Crippen MR) is 79.4 cm³/mol. The number of ether oxygens (including phenoxy) is 1. The van der Waals surface area contributed by atoms with Gasteiger partial charge in [-0.25, -0.2) is 9.36 Å². The summed E-state index contributed by atoms with van der Waals surface area (Å²) >= 11 is 0. The molecule has 1 aliphatic heterocycles. The van der Waals surface area contributed by atoms with Gasteiger partial charge in [0.25, 0.3) is 0 Å². The largest absolute Gasteiger partial charge is 0.472 e. The molecule has 130 valence electrons. The van der Waals surface area contributed by atoms with Crippen LogP contribution in [-0.2, 0) is 18.3 Å². The monoisotopic (exact) mass is 349 g/mol. The number of hydrogen-bond donors (Lipinski definition) is 3. The summed E-state index contributed by atoms with van der Waals surface area (Å²) in [5, 5.41) is 10.0. The minimum Gasteiger partial charge on any atom is -0.388 e. The highest BCUT2D eigenvalue weighted by Crippen LogP contribution is 2.45. The van der Waals surface area contributed by atoms with Gasteiger partial charge in [-0.15, -0.1) is 0 Å². The molecule has 1 aromatic rings. The Morgan fingerprint density at radius 1 is 1.61 bits per heavy atom. The number of nitrogens with two attached hydrogens (primary N) is 1. The highest BCUT2D eigenvalue weighted by atomic mass is 31.2. The Morgan fingerprint density at radius 3 is 2.91 bits per heavy atom. The molecule has 0 amide bonds. The number of phosphoric acid groups is 1. The van der Waals surface area contributed by atoms with E-state index in [4.69, 9.17) is 19.5 Å². The van der Waals surface area contributed by atoms with Gasteiger partial charge in [-0.1, -0.05) is 0 Å². The Bertz CT molecular complexity index is 650. The molecule has 4 N–H and O–H groups in total. The molecule has 0 saturated carbocycles. The normalized spacial score (nSPS) is 27.3. The van der Waals surface area contributed by atoms with E-state index in [0.29, 0.717) is 0 Å². The number of aromatic nitrogens is 2. The Balaban J connectivity index is 1.99. The second-order valence-electron chi connectivity index (χ2n) is 5.41. The fourth-order valence-corrected chi connectivity index (χ4v) is 3.13. The highest BCUT2D eigenvalue weighted by Gasteiger charge is 2.37. The smallest absolute Gasteiger partial charge is 0.388 e. The molecule has 0 aromatic carbocycles. The molecule has 2 rings (SSSR count). The number of nitrogens with zero attached hydrogens (tertiary/aromatic N) is 2. The molecular formula is C12H20N3O7P. The third kappa shape index (κ3) is 4.84. The second-order valence-corrected chi connectivity index (χ2v) is 6.82. The van der Waals surface area contributed by atoms with Crippen molar-refractivity contribution in [2.24, 2.45) is 0 Å². The van der Waals surface area contributed by atoms with Gasteiger partial charge in [0.1, 0.15) is 11.9 Å². The quantitative estimate of drug-likeness (QED) is 0.605. The van der Waals surface area contributed by atoms with E-state index in [1.54, 1.807) is 13.8 Å². The number of hydrogen-bond acceptors (Lipinski definition) is 8. The summed E-state index contributed by atoms with van der Waals surface area (Å²) in [6, 6.07) is 1.40. The molecule has 4 unspecified atom stereocenters. The van der Waals surface area contributed by atoms with Gasteiger partial charge in [-0.2, -0.15) is 4.98 Å². The summed E-state index contributed by atoms with van der Waals surface area (Å²) in [6.45, 7) is 2.93. The lowest BCUT2D eigenvalue weighted by atomic mass is 10.2. The van der Waals surface area contributed by atoms with E-state index in [1.165, 1.54) is 12.3 Å². The van der Waals surface area contributed by atoms with Crippen LogP contribution in [0.4, 0.5) is 5.82 Å². The van der Waals surface area contributed by atoms with Crippen LogP contribution in [-0.4, -0.2) is 44.5 Å². The van der Waals surface area contributed by atoms with Gasteiger partial charge in [-0.05, 0) is 19.9 Å². The van der Waals surface area contributed by atoms with Crippen LogP contribution in [0.2, 0.25) is 0 Å². The second kappa shape index (κ2) is 7.08. The van der Waals surface area contributed by atoms with E-state index in [2.05, 4.69) is 4.98 Å². The number of rotatable bonds is 6. The average Bonchev–Trinajstić information content (AvgIpc) is 2.76. The standard InChI is InChI=1S/C12H20N3O7P/c1-7(2)22-23(18,19)20-6-8-5-9(16)11(21-8)15-4-3-10(13)14-12(15)17/h3-4,7-9,11,16H,5-6H2,1-2H3,(H,18,19)(H2,13,14,17). The van der Waals surface area contributed by atoms with Gasteiger partial charge in [0.05, 0.1) is 18.8 Å². The third-order valence-electron chi connectivity index (χ3n) is 3.06. The van der Waals surface area contributed by atoms with Gasteiger partial charge in [0, 0.05) is 12.6 Å². The number of aliphatic hydroxyl groups is 1. The minimum atomic E-state index is -4.19. The van der Waals surface area contributed by atoms with Crippen molar-refractivity contribution in [2.45, 2.75) is 44.8 Å². The first-order valence-corrected chi connectivity index (χ1v) is 8.51. The van der Waals surface area contributed by atoms with Crippen molar-refractivity contribution >= 4 is 13.6 Å². The lowest BCUT2D eigenvalue weighted by Crippen LogP contribution is -2.31. The van der Waals surface area contributed by atoms with Crippen molar-refractivity contribution in [1.82, 2.24) is 9.55 Å². The van der Waals surface area contributed by atoms with Gasteiger partial charge in [0.2, 0.25) is 0 Å². The van der Waals surface area contributed by atoms with Crippen LogP contribution in [0.1, 0.15) is 26.5 Å². The van der Waals surface area contributed by atoms with Gasteiger partial charge in [-0.3, -0.25) is 13.6 Å². The fourth-order valence-electron chi connectivity index (χ4n) is 2.18. The molecule has 11 heteroatoms. The zero-order chi connectivity index (χ0) is 17.2. The van der Waals surface area contributed by atoms with Crippen LogP contribution in [0, 0.1) is 0 Å². The van der Waals surface area contributed by atoms with E-state index in [1.807, 2.05) is 0 Å². The number of nitrogen functional groups attached to an aromatic ring is 1. The van der Waals surface area contributed by atoms with Crippen molar-refractivity contribution in [1.29, 1.82) is 0 Å². The zero-order valence-electron chi connectivity index (χ0n) is 12.7. The van der Waals surface area contributed by atoms with Gasteiger partial charge < -0.3 is 20.5 Å². The molecular weight excluding hydrogens is 329 g/mol. The molecule has 1 aromatic heterocycles. The van der Waals surface area contributed by atoms with Crippen molar-refractivity contribution in [2.75, 3.05) is 12.3 Å². The van der Waals surface area contributed by atoms with Gasteiger partial charge in [0.15, 0.2) is 6.23 Å². The Labute approximate surface area is 132 Å². The molecule has 2 heterocycles. The lowest BCUT2D eigenvalue weighted by molar-refractivity contribution is -0.0537. The van der Waals surface area contributed by atoms with Crippen LogP contribution >= 0.6 is 7.82 Å². The summed E-state index contributed by atoms with van der Waals surface area (Å²) in [4.78, 5) is 24.8. The van der Waals surface area contributed by atoms with Gasteiger partial charge >= 0.3 is 13.5 Å². The molecule has 0 aliphatic carbocycles. The summed E-state index contributed by atoms with van der Waals surface area (Å²) in [5.41, 5.74) is 4.74. The molecule has 23 heavy (non-hydrogen) atoms. The van der Waals surface area contributed by atoms with E-state index in [-0.39, 0.29) is 18.8 Å². The maximum Gasteiger partial charge on any atom is 0.472 e. The highest BCUT2D eigenvalue weighted by molar-refractivity contribution is 7.47. The Morgan fingerprint density at radius 2 is 2.30 bits per heavy atom. The Kier molecular flexibility index (Phi) is 5.56. The summed E-state index contributed by atoms with van der Waals surface area (Å²) in [6.07, 6.45) is -1.61. The number of aliphatic hydroxyl groups excluding tert-OH is 1. The first-order valence-electron chi connectivity index (χ1n) is 7.02. The third-order valence-corrected chi connectivity index (χ3v) is 4.22. The fraction of sp³-hybridized carbons (Fsp3) is 0.667. The molecule has 10 nitrogen and oxygen atoms in total. The summed E-state index contributed by atoms with van der Waals surface area (Å²) in [7, 11) is -4.19. The maximum absolute atomic E-state index is 11.8. The SMILES string of the molecule is CC(C)OP(=O)(O)OCC1CC(O)C(n2ccc(N)nc2=O)O1.